The van der Waals surface area contributed by atoms with E-state index in [1.807, 2.05) is 26.8 Å². The Bertz CT molecular complexity index is 445. The van der Waals surface area contributed by atoms with Gasteiger partial charge in [-0.25, -0.2) is 0 Å². The van der Waals surface area contributed by atoms with Crippen LogP contribution < -0.4 is 4.68 Å². The van der Waals surface area contributed by atoms with Gasteiger partial charge in [-0.1, -0.05) is 4.52 Å². The molecule has 2 aromatic rings. The lowest BCUT2D eigenvalue weighted by Gasteiger charge is -1.91. The van der Waals surface area contributed by atoms with Crippen LogP contribution in [0.1, 0.15) is 18.3 Å². The molecule has 0 bridgehead atoms. The molecule has 13 heavy (non-hydrogen) atoms. The van der Waals surface area contributed by atoms with Gasteiger partial charge >= 0.3 is 5.78 Å². The van der Waals surface area contributed by atoms with Crippen molar-refractivity contribution in [1.82, 2.24) is 19.9 Å². The van der Waals surface area contributed by atoms with Crippen molar-refractivity contribution in [3.8, 4) is 0 Å². The number of aryl methyl sites for hydroxylation is 3. The average molecular weight is 178 g/mol. The quantitative estimate of drug-likeness (QED) is 0.580. The molecule has 0 atom stereocenters. The highest BCUT2D eigenvalue weighted by Gasteiger charge is 2.15. The maximum absolute atomic E-state index is 4.37. The van der Waals surface area contributed by atoms with Crippen molar-refractivity contribution < 1.29 is 4.68 Å². The normalized spacial score (nSPS) is 11.0. The van der Waals surface area contributed by atoms with Gasteiger partial charge in [-0.05, 0) is 20.8 Å². The van der Waals surface area contributed by atoms with E-state index in [1.165, 1.54) is 0 Å². The van der Waals surface area contributed by atoms with Gasteiger partial charge in [0.25, 0.3) is 0 Å². The zero-order chi connectivity index (χ0) is 9.42. The Morgan fingerprint density at radius 1 is 1.46 bits per heavy atom. The molecule has 0 saturated carbocycles. The van der Waals surface area contributed by atoms with Crippen LogP contribution in [-0.2, 0) is 6.54 Å². The second kappa shape index (κ2) is 2.76. The Morgan fingerprint density at radius 2 is 2.23 bits per heavy atom. The van der Waals surface area contributed by atoms with Gasteiger partial charge in [-0.2, -0.15) is 0 Å². The van der Waals surface area contributed by atoms with Crippen LogP contribution in [0.3, 0.4) is 0 Å². The van der Waals surface area contributed by atoms with Crippen LogP contribution in [0.25, 0.3) is 5.78 Å². The van der Waals surface area contributed by atoms with Gasteiger partial charge in [-0.3, -0.25) is 0 Å². The fourth-order valence-electron chi connectivity index (χ4n) is 1.37. The molecule has 5 nitrogen and oxygen atoms in total. The van der Waals surface area contributed by atoms with E-state index in [4.69, 9.17) is 0 Å². The molecule has 0 aliphatic heterocycles. The minimum absolute atomic E-state index is 0.791. The summed E-state index contributed by atoms with van der Waals surface area (Å²) in [7, 11) is 0. The third-order valence-corrected chi connectivity index (χ3v) is 1.99. The summed E-state index contributed by atoms with van der Waals surface area (Å²) >= 11 is 0. The smallest absolute Gasteiger partial charge is 0.129 e. The van der Waals surface area contributed by atoms with Gasteiger partial charge in [-0.15, -0.1) is 9.67 Å². The first-order valence-corrected chi connectivity index (χ1v) is 4.32. The monoisotopic (exact) mass is 178 g/mol. The van der Waals surface area contributed by atoms with Crippen LogP contribution in [0.4, 0.5) is 0 Å². The van der Waals surface area contributed by atoms with Gasteiger partial charge in [0.05, 0.1) is 11.8 Å². The highest BCUT2D eigenvalue weighted by molar-refractivity contribution is 5.23. The second-order valence-corrected chi connectivity index (χ2v) is 3.05. The number of rotatable bonds is 1. The molecule has 2 aromatic heterocycles. The maximum Gasteiger partial charge on any atom is 0.407 e. The molecule has 2 heterocycles. The van der Waals surface area contributed by atoms with E-state index >= 15 is 0 Å². The lowest BCUT2D eigenvalue weighted by atomic mass is 10.4. The predicted octanol–water partition coefficient (Wildman–Crippen LogP) is 0.0485. The Balaban J connectivity index is 2.82. The van der Waals surface area contributed by atoms with Crippen LogP contribution in [0.5, 0.6) is 0 Å². The average Bonchev–Trinajstić information content (AvgIpc) is 2.47. The van der Waals surface area contributed by atoms with Gasteiger partial charge in [0.1, 0.15) is 16.6 Å². The molecular formula is C8H12N5+. The number of fused-ring (bicyclic) bond motifs is 1. The summed E-state index contributed by atoms with van der Waals surface area (Å²) in [6.07, 6.45) is 0. The number of hydrogen-bond donors (Lipinski definition) is 0. The van der Waals surface area contributed by atoms with Crippen LogP contribution in [0.15, 0.2) is 6.07 Å². The highest BCUT2D eigenvalue weighted by Crippen LogP contribution is 2.00. The Kier molecular flexibility index (Phi) is 1.72. The molecule has 5 heteroatoms. The molecule has 2 rings (SSSR count). The standard InChI is InChI=1S/C8H12N5/c1-4-12-8-9-6(2)5-7(3)13(8)11-10-12/h5H,4H2,1-3H3/q+1. The van der Waals surface area contributed by atoms with Crippen molar-refractivity contribution >= 4 is 5.78 Å². The summed E-state index contributed by atoms with van der Waals surface area (Å²) in [6.45, 7) is 6.78. The van der Waals surface area contributed by atoms with Gasteiger partial charge in [0.15, 0.2) is 0 Å². The summed E-state index contributed by atoms with van der Waals surface area (Å²) in [5.41, 5.74) is 2.05. The number of tetrazole rings is 1. The second-order valence-electron chi connectivity index (χ2n) is 3.05. The molecular weight excluding hydrogens is 166 g/mol. The molecule has 0 saturated heterocycles. The van der Waals surface area contributed by atoms with Crippen molar-refractivity contribution in [3.63, 3.8) is 0 Å². The molecule has 0 amide bonds. The van der Waals surface area contributed by atoms with E-state index in [9.17, 15) is 0 Å². The fraction of sp³-hybridized carbons (Fsp3) is 0.500. The zero-order valence-electron chi connectivity index (χ0n) is 8.02. The van der Waals surface area contributed by atoms with Crippen molar-refractivity contribution in [1.29, 1.82) is 0 Å². The summed E-state index contributed by atoms with van der Waals surface area (Å²) in [5.74, 6) is 0.806. The summed E-state index contributed by atoms with van der Waals surface area (Å²) in [4.78, 5) is 4.37. The highest BCUT2D eigenvalue weighted by atomic mass is 15.6. The zero-order valence-corrected chi connectivity index (χ0v) is 8.02. The maximum atomic E-state index is 4.37. The Morgan fingerprint density at radius 3 is 2.92 bits per heavy atom. The van der Waals surface area contributed by atoms with Crippen LogP contribution in [0, 0.1) is 13.8 Å². The molecule has 0 fully saturated rings. The van der Waals surface area contributed by atoms with Crippen LogP contribution >= 0.6 is 0 Å². The van der Waals surface area contributed by atoms with Crippen molar-refractivity contribution in [2.75, 3.05) is 0 Å². The van der Waals surface area contributed by atoms with Crippen LogP contribution in [-0.4, -0.2) is 19.9 Å². The number of nitrogens with zero attached hydrogens (tertiary/aromatic N) is 5. The van der Waals surface area contributed by atoms with Crippen molar-refractivity contribution in [2.45, 2.75) is 27.3 Å². The van der Waals surface area contributed by atoms with Gasteiger partial charge in [0.2, 0.25) is 0 Å². The number of hydrogen-bond acceptors (Lipinski definition) is 3. The Labute approximate surface area is 76.0 Å². The van der Waals surface area contributed by atoms with Crippen molar-refractivity contribution in [3.05, 3.63) is 17.5 Å². The van der Waals surface area contributed by atoms with E-state index in [1.54, 1.807) is 9.20 Å². The van der Waals surface area contributed by atoms with E-state index in [0.29, 0.717) is 0 Å². The topological polar surface area (TPSA) is 47.0 Å². The number of aromatic nitrogens is 5. The molecule has 0 aromatic carbocycles. The Hall–Kier alpha value is -1.52. The largest absolute Gasteiger partial charge is 0.407 e. The predicted molar refractivity (Wildman–Crippen MR) is 46.1 cm³/mol. The first-order chi connectivity index (χ1) is 6.22. The van der Waals surface area contributed by atoms with Crippen LogP contribution in [0.2, 0.25) is 0 Å². The van der Waals surface area contributed by atoms with E-state index < -0.39 is 0 Å². The van der Waals surface area contributed by atoms with Gasteiger partial charge < -0.3 is 0 Å². The first-order valence-electron chi connectivity index (χ1n) is 4.32. The lowest BCUT2D eigenvalue weighted by molar-refractivity contribution is -0.730. The molecule has 0 radical (unpaired) electrons. The fourth-order valence-corrected chi connectivity index (χ4v) is 1.37. The van der Waals surface area contributed by atoms with E-state index in [2.05, 4.69) is 15.4 Å². The lowest BCUT2D eigenvalue weighted by Crippen LogP contribution is -2.35. The minimum Gasteiger partial charge on any atom is -0.129 e. The summed E-state index contributed by atoms with van der Waals surface area (Å²) in [5, 5.41) is 7.98. The summed E-state index contributed by atoms with van der Waals surface area (Å²) < 4.78 is 3.52. The molecule has 0 unspecified atom stereocenters. The molecule has 0 aliphatic rings. The third-order valence-electron chi connectivity index (χ3n) is 1.99. The van der Waals surface area contributed by atoms with E-state index in [0.717, 1.165) is 23.7 Å². The SMILES string of the molecule is CC[n+]1nnn2c(C)cc(C)nc21. The third kappa shape index (κ3) is 1.16. The van der Waals surface area contributed by atoms with Crippen molar-refractivity contribution in [2.24, 2.45) is 0 Å². The molecule has 0 aliphatic carbocycles. The minimum atomic E-state index is 0.791. The first kappa shape index (κ1) is 8.10. The molecule has 68 valence electrons. The molecule has 0 N–H and O–H groups in total. The van der Waals surface area contributed by atoms with Gasteiger partial charge in [0, 0.05) is 6.07 Å². The van der Waals surface area contributed by atoms with E-state index in [-0.39, 0.29) is 0 Å². The molecule has 0 spiro atoms. The summed E-state index contributed by atoms with van der Waals surface area (Å²) in [6, 6.07) is 1.99.